The average molecular weight is 282 g/mol. The van der Waals surface area contributed by atoms with Gasteiger partial charge in [0.05, 0.1) is 13.2 Å². The number of rotatable bonds is 10. The first kappa shape index (κ1) is 16.4. The maximum absolute atomic E-state index is 11.3. The van der Waals surface area contributed by atoms with Crippen molar-refractivity contribution in [3.63, 3.8) is 0 Å². The van der Waals surface area contributed by atoms with Crippen LogP contribution >= 0.6 is 0 Å². The molecule has 6 heteroatoms. The van der Waals surface area contributed by atoms with Crippen LogP contribution < -0.4 is 15.4 Å². The normalized spacial score (nSPS) is 11.9. The summed E-state index contributed by atoms with van der Waals surface area (Å²) in [6.07, 6.45) is -0.665. The summed E-state index contributed by atoms with van der Waals surface area (Å²) in [5.74, 6) is 0.585. The lowest BCUT2D eigenvalue weighted by Crippen LogP contribution is -2.39. The summed E-state index contributed by atoms with van der Waals surface area (Å²) in [6, 6.07) is 9.27. The van der Waals surface area contributed by atoms with Crippen LogP contribution in [-0.4, -0.2) is 57.1 Å². The Morgan fingerprint density at radius 1 is 1.35 bits per heavy atom. The summed E-state index contributed by atoms with van der Waals surface area (Å²) in [4.78, 5) is 11.3. The molecule has 0 aromatic heterocycles. The van der Waals surface area contributed by atoms with E-state index in [9.17, 15) is 9.90 Å². The Hall–Kier alpha value is -1.63. The highest BCUT2D eigenvalue weighted by Gasteiger charge is 2.06. The second kappa shape index (κ2) is 10.2. The van der Waals surface area contributed by atoms with Gasteiger partial charge in [-0.05, 0) is 12.1 Å². The van der Waals surface area contributed by atoms with Gasteiger partial charge >= 0.3 is 0 Å². The molecule has 0 aliphatic carbocycles. The Labute approximate surface area is 119 Å². The fourth-order valence-electron chi connectivity index (χ4n) is 1.48. The molecule has 0 saturated carbocycles. The van der Waals surface area contributed by atoms with Gasteiger partial charge in [-0.25, -0.2) is 0 Å². The first-order valence-corrected chi connectivity index (χ1v) is 6.54. The molecule has 1 amide bonds. The van der Waals surface area contributed by atoms with Gasteiger partial charge in [0.1, 0.15) is 18.5 Å². The highest BCUT2D eigenvalue weighted by molar-refractivity contribution is 5.77. The summed E-state index contributed by atoms with van der Waals surface area (Å²) in [5.41, 5.74) is 0. The molecule has 20 heavy (non-hydrogen) atoms. The van der Waals surface area contributed by atoms with E-state index in [1.807, 2.05) is 30.3 Å². The number of carbonyl (C=O) groups excluding carboxylic acids is 1. The lowest BCUT2D eigenvalue weighted by atomic mass is 10.3. The third-order valence-electron chi connectivity index (χ3n) is 2.48. The van der Waals surface area contributed by atoms with Crippen molar-refractivity contribution in [3.05, 3.63) is 30.3 Å². The fourth-order valence-corrected chi connectivity index (χ4v) is 1.48. The van der Waals surface area contributed by atoms with Crippen LogP contribution in [0.15, 0.2) is 30.3 Å². The van der Waals surface area contributed by atoms with Crippen molar-refractivity contribution in [3.8, 4) is 5.75 Å². The van der Waals surface area contributed by atoms with Gasteiger partial charge in [-0.3, -0.25) is 4.79 Å². The molecule has 0 fully saturated rings. The molecular formula is C14H22N2O4. The number of hydrogen-bond acceptors (Lipinski definition) is 5. The highest BCUT2D eigenvalue weighted by atomic mass is 16.5. The smallest absolute Gasteiger partial charge is 0.234 e. The predicted molar refractivity (Wildman–Crippen MR) is 75.7 cm³/mol. The number of para-hydroxylation sites is 1. The van der Waals surface area contributed by atoms with Crippen molar-refractivity contribution >= 4 is 5.91 Å². The molecule has 112 valence electrons. The first-order chi connectivity index (χ1) is 9.72. The monoisotopic (exact) mass is 282 g/mol. The van der Waals surface area contributed by atoms with Crippen LogP contribution in [0.2, 0.25) is 0 Å². The number of amides is 1. The maximum atomic E-state index is 11.3. The molecule has 6 nitrogen and oxygen atoms in total. The van der Waals surface area contributed by atoms with Crippen molar-refractivity contribution in [1.29, 1.82) is 0 Å². The summed E-state index contributed by atoms with van der Waals surface area (Å²) < 4.78 is 10.2. The minimum Gasteiger partial charge on any atom is -0.491 e. The number of nitrogens with one attached hydrogen (secondary N) is 2. The van der Waals surface area contributed by atoms with Gasteiger partial charge in [-0.15, -0.1) is 0 Å². The van der Waals surface area contributed by atoms with Gasteiger partial charge in [0, 0.05) is 20.2 Å². The Morgan fingerprint density at radius 2 is 2.10 bits per heavy atom. The lowest BCUT2D eigenvalue weighted by molar-refractivity contribution is -0.120. The van der Waals surface area contributed by atoms with E-state index in [1.165, 1.54) is 0 Å². The molecule has 0 saturated heterocycles. The molecule has 3 N–H and O–H groups in total. The number of aliphatic hydroxyl groups is 1. The Balaban J connectivity index is 2.05. The van der Waals surface area contributed by atoms with Crippen LogP contribution in [0.5, 0.6) is 5.75 Å². The van der Waals surface area contributed by atoms with Crippen LogP contribution in [0.1, 0.15) is 0 Å². The zero-order chi connectivity index (χ0) is 14.6. The number of carbonyl (C=O) groups is 1. The van der Waals surface area contributed by atoms with E-state index in [1.54, 1.807) is 7.11 Å². The van der Waals surface area contributed by atoms with Crippen molar-refractivity contribution in [2.45, 2.75) is 6.10 Å². The highest BCUT2D eigenvalue weighted by Crippen LogP contribution is 2.08. The second-order valence-electron chi connectivity index (χ2n) is 4.25. The van der Waals surface area contributed by atoms with Crippen molar-refractivity contribution < 1.29 is 19.4 Å². The summed E-state index contributed by atoms with van der Waals surface area (Å²) in [7, 11) is 1.58. The van der Waals surface area contributed by atoms with E-state index in [4.69, 9.17) is 9.47 Å². The Kier molecular flexibility index (Phi) is 8.37. The third-order valence-corrected chi connectivity index (χ3v) is 2.48. The molecule has 1 atom stereocenters. The van der Waals surface area contributed by atoms with Crippen molar-refractivity contribution in [2.24, 2.45) is 0 Å². The van der Waals surface area contributed by atoms with E-state index in [2.05, 4.69) is 10.6 Å². The van der Waals surface area contributed by atoms with Gasteiger partial charge in [0.15, 0.2) is 0 Å². The SMILES string of the molecule is COCCNC(=O)CNCC(O)COc1ccccc1. The van der Waals surface area contributed by atoms with Crippen LogP contribution in [-0.2, 0) is 9.53 Å². The van der Waals surface area contributed by atoms with Gasteiger partial charge in [0.2, 0.25) is 5.91 Å². The Morgan fingerprint density at radius 3 is 2.80 bits per heavy atom. The quantitative estimate of drug-likeness (QED) is 0.517. The lowest BCUT2D eigenvalue weighted by Gasteiger charge is -2.13. The molecule has 0 aliphatic rings. The van der Waals surface area contributed by atoms with Gasteiger partial charge in [0.25, 0.3) is 0 Å². The average Bonchev–Trinajstić information content (AvgIpc) is 2.46. The molecule has 0 heterocycles. The number of aliphatic hydroxyl groups excluding tert-OH is 1. The third kappa shape index (κ3) is 7.73. The second-order valence-corrected chi connectivity index (χ2v) is 4.25. The molecule has 1 rings (SSSR count). The largest absolute Gasteiger partial charge is 0.491 e. The van der Waals surface area contributed by atoms with Crippen LogP contribution in [0.3, 0.4) is 0 Å². The zero-order valence-corrected chi connectivity index (χ0v) is 11.7. The molecular weight excluding hydrogens is 260 g/mol. The number of benzene rings is 1. The van der Waals surface area contributed by atoms with Gasteiger partial charge < -0.3 is 25.2 Å². The van der Waals surface area contributed by atoms with Gasteiger partial charge in [-0.1, -0.05) is 18.2 Å². The number of hydrogen-bond donors (Lipinski definition) is 3. The van der Waals surface area contributed by atoms with Gasteiger partial charge in [-0.2, -0.15) is 0 Å². The Bertz CT molecular complexity index is 373. The number of methoxy groups -OCH3 is 1. The van der Waals surface area contributed by atoms with E-state index in [-0.39, 0.29) is 19.1 Å². The molecule has 0 spiro atoms. The zero-order valence-electron chi connectivity index (χ0n) is 11.7. The van der Waals surface area contributed by atoms with E-state index >= 15 is 0 Å². The van der Waals surface area contributed by atoms with Crippen molar-refractivity contribution in [1.82, 2.24) is 10.6 Å². The molecule has 1 aromatic rings. The molecule has 1 aromatic carbocycles. The summed E-state index contributed by atoms with van der Waals surface area (Å²) in [6.45, 7) is 1.61. The standard InChI is InChI=1S/C14H22N2O4/c1-19-8-7-16-14(18)10-15-9-12(17)11-20-13-5-3-2-4-6-13/h2-6,12,15,17H,7-11H2,1H3,(H,16,18). The van der Waals surface area contributed by atoms with Crippen LogP contribution in [0, 0.1) is 0 Å². The minimum atomic E-state index is -0.665. The first-order valence-electron chi connectivity index (χ1n) is 6.54. The predicted octanol–water partition coefficient (Wildman–Crippen LogP) is -0.221. The van der Waals surface area contributed by atoms with Crippen LogP contribution in [0.25, 0.3) is 0 Å². The summed E-state index contributed by atoms with van der Waals surface area (Å²) in [5, 5.41) is 15.2. The van der Waals surface area contributed by atoms with E-state index in [0.717, 1.165) is 0 Å². The molecule has 0 bridgehead atoms. The van der Waals surface area contributed by atoms with E-state index in [0.29, 0.717) is 25.4 Å². The van der Waals surface area contributed by atoms with Crippen molar-refractivity contribution in [2.75, 3.05) is 40.0 Å². The van der Waals surface area contributed by atoms with Crippen LogP contribution in [0.4, 0.5) is 0 Å². The molecule has 1 unspecified atom stereocenters. The molecule has 0 radical (unpaired) electrons. The molecule has 0 aliphatic heterocycles. The number of ether oxygens (including phenoxy) is 2. The van der Waals surface area contributed by atoms with E-state index < -0.39 is 6.10 Å². The fraction of sp³-hybridized carbons (Fsp3) is 0.500. The minimum absolute atomic E-state index is 0.127. The topological polar surface area (TPSA) is 79.8 Å². The summed E-state index contributed by atoms with van der Waals surface area (Å²) >= 11 is 0. The maximum Gasteiger partial charge on any atom is 0.234 e.